The predicted octanol–water partition coefficient (Wildman–Crippen LogP) is 5.68. The lowest BCUT2D eigenvalue weighted by atomic mass is 9.91. The van der Waals surface area contributed by atoms with Crippen molar-refractivity contribution < 1.29 is 14.3 Å². The number of ether oxygens (including phenoxy) is 1. The molecule has 0 spiro atoms. The molecule has 1 saturated carbocycles. The molecule has 2 aliphatic rings. The fourth-order valence-corrected chi connectivity index (χ4v) is 5.05. The van der Waals surface area contributed by atoms with Crippen molar-refractivity contribution >= 4 is 12.0 Å². The maximum Gasteiger partial charge on any atom is 0.435 e. The van der Waals surface area contributed by atoms with Crippen LogP contribution >= 0.6 is 0 Å². The Labute approximate surface area is 217 Å². The Kier molecular flexibility index (Phi) is 6.36. The largest absolute Gasteiger partial charge is 0.442 e. The summed E-state index contributed by atoms with van der Waals surface area (Å²) in [6.45, 7) is 7.47. The Hall–Kier alpha value is -3.92. The van der Waals surface area contributed by atoms with E-state index in [1.807, 2.05) is 70.2 Å². The molecule has 0 saturated heterocycles. The molecule has 2 aromatic carbocycles. The number of hydrogen-bond donors (Lipinski definition) is 0. The van der Waals surface area contributed by atoms with E-state index in [0.717, 1.165) is 53.6 Å². The van der Waals surface area contributed by atoms with Crippen molar-refractivity contribution in [1.29, 1.82) is 5.26 Å². The first kappa shape index (κ1) is 24.8. The molecule has 1 atom stereocenters. The second kappa shape index (κ2) is 9.51. The number of nitrogens with zero attached hydrogens (tertiary/aromatic N) is 4. The highest BCUT2D eigenvalue weighted by molar-refractivity contribution is 5.95. The van der Waals surface area contributed by atoms with Crippen LogP contribution < -0.4 is 0 Å². The van der Waals surface area contributed by atoms with Gasteiger partial charge in [-0.05, 0) is 100 Å². The number of nitriles is 1. The molecule has 0 N–H and O–H groups in total. The number of hydrogen-bond acceptors (Lipinski definition) is 5. The molecule has 37 heavy (non-hydrogen) atoms. The zero-order chi connectivity index (χ0) is 26.3. The smallest absolute Gasteiger partial charge is 0.435 e. The van der Waals surface area contributed by atoms with Crippen LogP contribution in [0.25, 0.3) is 11.1 Å². The highest BCUT2D eigenvalue weighted by atomic mass is 16.6. The van der Waals surface area contributed by atoms with Crippen molar-refractivity contribution in [1.82, 2.24) is 14.7 Å². The number of rotatable bonds is 4. The van der Waals surface area contributed by atoms with Gasteiger partial charge >= 0.3 is 6.09 Å². The molecule has 7 nitrogen and oxygen atoms in total. The van der Waals surface area contributed by atoms with Crippen molar-refractivity contribution in [3.05, 3.63) is 76.6 Å². The highest BCUT2D eigenvalue weighted by Crippen LogP contribution is 2.35. The molecular formula is C30H32N4O3. The van der Waals surface area contributed by atoms with Crippen molar-refractivity contribution in [2.45, 2.75) is 77.5 Å². The number of benzene rings is 2. The zero-order valence-electron chi connectivity index (χ0n) is 21.8. The number of aromatic nitrogens is 2. The molecule has 1 amide bonds. The van der Waals surface area contributed by atoms with Gasteiger partial charge < -0.3 is 9.64 Å². The number of carbonyl (C=O) groups excluding carboxylic acids is 2. The fourth-order valence-electron chi connectivity index (χ4n) is 5.05. The summed E-state index contributed by atoms with van der Waals surface area (Å²) in [6, 6.07) is 16.0. The van der Waals surface area contributed by atoms with Crippen LogP contribution in [0.15, 0.2) is 48.7 Å². The highest BCUT2D eigenvalue weighted by Gasteiger charge is 2.39. The summed E-state index contributed by atoms with van der Waals surface area (Å²) in [7, 11) is 0. The Morgan fingerprint density at radius 2 is 1.81 bits per heavy atom. The lowest BCUT2D eigenvalue weighted by molar-refractivity contribution is 0.0513. The van der Waals surface area contributed by atoms with Gasteiger partial charge in [-0.1, -0.05) is 24.3 Å². The summed E-state index contributed by atoms with van der Waals surface area (Å²) >= 11 is 0. The summed E-state index contributed by atoms with van der Waals surface area (Å²) in [4.78, 5) is 28.2. The van der Waals surface area contributed by atoms with Crippen LogP contribution in [-0.4, -0.2) is 44.4 Å². The molecular weight excluding hydrogens is 464 g/mol. The van der Waals surface area contributed by atoms with Crippen molar-refractivity contribution in [2.75, 3.05) is 0 Å². The monoisotopic (exact) mass is 496 g/mol. The van der Waals surface area contributed by atoms with Crippen LogP contribution in [0.1, 0.15) is 72.8 Å². The zero-order valence-corrected chi connectivity index (χ0v) is 21.8. The minimum Gasteiger partial charge on any atom is -0.442 e. The second-order valence-corrected chi connectivity index (χ2v) is 11.1. The van der Waals surface area contributed by atoms with E-state index >= 15 is 0 Å². The standard InChI is InChI=1S/C30H32N4O3/c1-19-5-13-26(22(15-19)17-31)20-6-8-21(9-7-20)28(35)34(24-10-11-24)25-12-14-27-23(16-25)18-33(32-27)29(36)37-30(2,3)4/h5-9,13,15,18,24-25H,10-12,14,16H2,1-4H3. The summed E-state index contributed by atoms with van der Waals surface area (Å²) in [5.41, 5.74) is 5.42. The lowest BCUT2D eigenvalue weighted by Crippen LogP contribution is -2.44. The van der Waals surface area contributed by atoms with Crippen LogP contribution in [0.2, 0.25) is 0 Å². The maximum absolute atomic E-state index is 13.7. The van der Waals surface area contributed by atoms with E-state index in [0.29, 0.717) is 17.5 Å². The third kappa shape index (κ3) is 5.29. The SMILES string of the molecule is Cc1ccc(-c2ccc(C(=O)N(C3CC3)C3CCc4nn(C(=O)OC(C)(C)C)cc4C3)cc2)c(C#N)c1. The Bertz CT molecular complexity index is 1390. The van der Waals surface area contributed by atoms with Gasteiger partial charge in [-0.2, -0.15) is 15.0 Å². The topological polar surface area (TPSA) is 88.2 Å². The van der Waals surface area contributed by atoms with Gasteiger partial charge in [0.05, 0.1) is 17.3 Å². The van der Waals surface area contributed by atoms with E-state index in [1.165, 1.54) is 4.68 Å². The number of amides is 1. The molecule has 1 unspecified atom stereocenters. The van der Waals surface area contributed by atoms with E-state index in [-0.39, 0.29) is 18.0 Å². The molecule has 3 aromatic rings. The average Bonchev–Trinajstić information content (AvgIpc) is 3.59. The quantitative estimate of drug-likeness (QED) is 0.464. The molecule has 1 aromatic heterocycles. The summed E-state index contributed by atoms with van der Waals surface area (Å²) < 4.78 is 6.75. The van der Waals surface area contributed by atoms with Crippen LogP contribution in [0.3, 0.4) is 0 Å². The van der Waals surface area contributed by atoms with Gasteiger partial charge in [0.1, 0.15) is 5.60 Å². The van der Waals surface area contributed by atoms with Gasteiger partial charge in [-0.15, -0.1) is 0 Å². The van der Waals surface area contributed by atoms with Gasteiger partial charge in [-0.25, -0.2) is 4.79 Å². The van der Waals surface area contributed by atoms with Crippen LogP contribution in [0.5, 0.6) is 0 Å². The first-order chi connectivity index (χ1) is 17.6. The first-order valence-corrected chi connectivity index (χ1v) is 12.9. The van der Waals surface area contributed by atoms with E-state index in [2.05, 4.69) is 16.1 Å². The van der Waals surface area contributed by atoms with Crippen molar-refractivity contribution in [3.8, 4) is 17.2 Å². The molecule has 5 rings (SSSR count). The summed E-state index contributed by atoms with van der Waals surface area (Å²) in [6.07, 6.45) is 5.50. The predicted molar refractivity (Wildman–Crippen MR) is 140 cm³/mol. The first-order valence-electron chi connectivity index (χ1n) is 12.9. The Morgan fingerprint density at radius 3 is 2.46 bits per heavy atom. The average molecular weight is 497 g/mol. The van der Waals surface area contributed by atoms with Gasteiger partial charge in [0.15, 0.2) is 0 Å². The minimum absolute atomic E-state index is 0.0337. The van der Waals surface area contributed by atoms with Gasteiger partial charge in [-0.3, -0.25) is 4.79 Å². The molecule has 0 bridgehead atoms. The van der Waals surface area contributed by atoms with Gasteiger partial charge in [0.25, 0.3) is 5.91 Å². The maximum atomic E-state index is 13.7. The molecule has 1 fully saturated rings. The van der Waals surface area contributed by atoms with E-state index in [9.17, 15) is 14.9 Å². The van der Waals surface area contributed by atoms with Crippen molar-refractivity contribution in [3.63, 3.8) is 0 Å². The molecule has 0 radical (unpaired) electrons. The Balaban J connectivity index is 1.34. The van der Waals surface area contributed by atoms with Crippen LogP contribution in [0, 0.1) is 18.3 Å². The number of fused-ring (bicyclic) bond motifs is 1. The van der Waals surface area contributed by atoms with E-state index < -0.39 is 11.7 Å². The van der Waals surface area contributed by atoms with E-state index in [4.69, 9.17) is 4.74 Å². The van der Waals surface area contributed by atoms with E-state index in [1.54, 1.807) is 6.20 Å². The number of carbonyl (C=O) groups is 2. The Morgan fingerprint density at radius 1 is 1.08 bits per heavy atom. The minimum atomic E-state index is -0.591. The van der Waals surface area contributed by atoms with Gasteiger partial charge in [0, 0.05) is 23.8 Å². The summed E-state index contributed by atoms with van der Waals surface area (Å²) in [5, 5.41) is 14.0. The van der Waals surface area contributed by atoms with Crippen molar-refractivity contribution in [2.24, 2.45) is 0 Å². The molecule has 1 heterocycles. The van der Waals surface area contributed by atoms with Crippen LogP contribution in [0.4, 0.5) is 4.79 Å². The normalized spacial score (nSPS) is 17.0. The molecule has 2 aliphatic carbocycles. The second-order valence-electron chi connectivity index (χ2n) is 11.1. The number of aryl methyl sites for hydroxylation is 2. The lowest BCUT2D eigenvalue weighted by Gasteiger charge is -2.34. The fraction of sp³-hybridized carbons (Fsp3) is 0.400. The molecule has 190 valence electrons. The summed E-state index contributed by atoms with van der Waals surface area (Å²) in [5.74, 6) is 0.0337. The molecule has 0 aliphatic heterocycles. The third-order valence-electron chi connectivity index (χ3n) is 6.93. The third-order valence-corrected chi connectivity index (χ3v) is 6.93. The van der Waals surface area contributed by atoms with Gasteiger partial charge in [0.2, 0.25) is 0 Å². The van der Waals surface area contributed by atoms with Crippen LogP contribution in [-0.2, 0) is 17.6 Å². The molecule has 7 heteroatoms.